The molecule has 0 atom stereocenters. The standard InChI is InChI=1S/C13H15FN2O3.C3H8.C2H6/c1-8(13(17)19-4)5-11(15-2)9-6-12(18-3)16-7-10(9)14;1-3-2;1-2/h5-7,15H,1H2,2-4H3;3H2,1-2H3;1-2H3/b11-5-;;. The first-order valence-corrected chi connectivity index (χ1v) is 7.81. The number of aromatic nitrogens is 1. The topological polar surface area (TPSA) is 60.5 Å². The van der Waals surface area contributed by atoms with E-state index in [-0.39, 0.29) is 17.0 Å². The Hall–Kier alpha value is -2.37. The molecule has 5 nitrogen and oxygen atoms in total. The Labute approximate surface area is 144 Å². The van der Waals surface area contributed by atoms with E-state index in [4.69, 9.17) is 4.74 Å². The van der Waals surface area contributed by atoms with Crippen LogP contribution in [0.15, 0.2) is 30.5 Å². The van der Waals surface area contributed by atoms with Crippen molar-refractivity contribution in [1.29, 1.82) is 0 Å². The van der Waals surface area contributed by atoms with Crippen molar-refractivity contribution < 1.29 is 18.7 Å². The number of esters is 1. The molecule has 24 heavy (non-hydrogen) atoms. The van der Waals surface area contributed by atoms with Gasteiger partial charge in [-0.15, -0.1) is 0 Å². The summed E-state index contributed by atoms with van der Waals surface area (Å²) < 4.78 is 23.2. The van der Waals surface area contributed by atoms with Crippen molar-refractivity contribution >= 4 is 11.7 Å². The lowest BCUT2D eigenvalue weighted by molar-refractivity contribution is -0.135. The highest BCUT2D eigenvalue weighted by atomic mass is 19.1. The van der Waals surface area contributed by atoms with Gasteiger partial charge in [0.05, 0.1) is 26.0 Å². The second-order valence-corrected chi connectivity index (χ2v) is 4.24. The Balaban J connectivity index is 0. The van der Waals surface area contributed by atoms with Crippen LogP contribution in [-0.2, 0) is 9.53 Å². The smallest absolute Gasteiger partial charge is 0.337 e. The van der Waals surface area contributed by atoms with E-state index in [0.29, 0.717) is 5.70 Å². The Kier molecular flexibility index (Phi) is 14.2. The van der Waals surface area contributed by atoms with E-state index in [9.17, 15) is 9.18 Å². The van der Waals surface area contributed by atoms with Crippen LogP contribution in [0.1, 0.15) is 39.7 Å². The maximum absolute atomic E-state index is 13.7. The van der Waals surface area contributed by atoms with E-state index in [1.165, 1.54) is 32.8 Å². The zero-order valence-corrected chi connectivity index (χ0v) is 15.7. The number of carbonyl (C=O) groups is 1. The molecule has 0 unspecified atom stereocenters. The minimum Gasteiger partial charge on any atom is -0.481 e. The van der Waals surface area contributed by atoms with Gasteiger partial charge in [-0.25, -0.2) is 14.2 Å². The molecule has 1 heterocycles. The quantitative estimate of drug-likeness (QED) is 0.499. The van der Waals surface area contributed by atoms with Crippen molar-refractivity contribution in [2.24, 2.45) is 0 Å². The van der Waals surface area contributed by atoms with E-state index < -0.39 is 11.8 Å². The Morgan fingerprint density at radius 3 is 2.33 bits per heavy atom. The van der Waals surface area contributed by atoms with E-state index in [1.807, 2.05) is 13.8 Å². The van der Waals surface area contributed by atoms with Gasteiger partial charge in [-0.3, -0.25) is 0 Å². The van der Waals surface area contributed by atoms with E-state index >= 15 is 0 Å². The zero-order valence-electron chi connectivity index (χ0n) is 15.7. The molecule has 0 spiro atoms. The first-order chi connectivity index (χ1) is 11.4. The molecule has 1 rings (SSSR count). The summed E-state index contributed by atoms with van der Waals surface area (Å²) in [5.41, 5.74) is 0.690. The van der Waals surface area contributed by atoms with Gasteiger partial charge in [0.1, 0.15) is 0 Å². The lowest BCUT2D eigenvalue weighted by atomic mass is 10.1. The minimum atomic E-state index is -0.589. The monoisotopic (exact) mass is 340 g/mol. The van der Waals surface area contributed by atoms with Crippen LogP contribution in [0.25, 0.3) is 5.70 Å². The first-order valence-electron chi connectivity index (χ1n) is 7.81. The normalized spacial score (nSPS) is 9.58. The predicted octanol–water partition coefficient (Wildman–Crippen LogP) is 3.96. The van der Waals surface area contributed by atoms with Crippen molar-refractivity contribution in [1.82, 2.24) is 10.3 Å². The molecule has 0 saturated heterocycles. The lowest BCUT2D eigenvalue weighted by Gasteiger charge is -2.10. The third kappa shape index (κ3) is 8.31. The number of hydrogen-bond acceptors (Lipinski definition) is 5. The van der Waals surface area contributed by atoms with E-state index in [0.717, 1.165) is 6.20 Å². The summed E-state index contributed by atoms with van der Waals surface area (Å²) in [4.78, 5) is 15.0. The number of methoxy groups -OCH3 is 2. The van der Waals surface area contributed by atoms with Gasteiger partial charge in [0.15, 0.2) is 5.82 Å². The number of nitrogens with zero attached hydrogens (tertiary/aromatic N) is 1. The van der Waals surface area contributed by atoms with Crippen LogP contribution >= 0.6 is 0 Å². The van der Waals surface area contributed by atoms with Crippen LogP contribution in [0, 0.1) is 5.82 Å². The summed E-state index contributed by atoms with van der Waals surface area (Å²) in [6.07, 6.45) is 3.68. The SMILES string of the molecule is C=C(/C=C(\NC)c1cc(OC)ncc1F)C(=O)OC.CC.CCC. The summed E-state index contributed by atoms with van der Waals surface area (Å²) in [6.45, 7) is 11.8. The highest BCUT2D eigenvalue weighted by Gasteiger charge is 2.12. The maximum atomic E-state index is 13.7. The molecule has 1 N–H and O–H groups in total. The summed E-state index contributed by atoms with van der Waals surface area (Å²) >= 11 is 0. The molecule has 0 aliphatic carbocycles. The van der Waals surface area contributed by atoms with Gasteiger partial charge in [0.25, 0.3) is 0 Å². The lowest BCUT2D eigenvalue weighted by Crippen LogP contribution is -2.10. The maximum Gasteiger partial charge on any atom is 0.337 e. The molecule has 0 saturated carbocycles. The molecular formula is C18H29FN2O3. The molecule has 1 aromatic rings. The van der Waals surface area contributed by atoms with Crippen molar-refractivity contribution in [3.8, 4) is 5.88 Å². The van der Waals surface area contributed by atoms with Gasteiger partial charge >= 0.3 is 5.97 Å². The first kappa shape index (κ1) is 23.9. The number of pyridine rings is 1. The van der Waals surface area contributed by atoms with Crippen molar-refractivity contribution in [3.63, 3.8) is 0 Å². The Bertz CT molecular complexity index is 543. The molecule has 0 amide bonds. The molecule has 0 bridgehead atoms. The molecule has 6 heteroatoms. The summed E-state index contributed by atoms with van der Waals surface area (Å²) in [7, 11) is 4.28. The van der Waals surface area contributed by atoms with Crippen LogP contribution in [0.2, 0.25) is 0 Å². The molecule has 0 aromatic carbocycles. The number of rotatable bonds is 5. The summed E-state index contributed by atoms with van der Waals surface area (Å²) in [5.74, 6) is -0.866. The summed E-state index contributed by atoms with van der Waals surface area (Å²) in [6, 6.07) is 1.42. The number of halogens is 1. The molecule has 136 valence electrons. The Morgan fingerprint density at radius 2 is 1.92 bits per heavy atom. The third-order valence-corrected chi connectivity index (χ3v) is 2.37. The largest absolute Gasteiger partial charge is 0.481 e. The molecule has 0 aliphatic rings. The summed E-state index contributed by atoms with van der Waals surface area (Å²) in [5, 5.41) is 2.79. The number of nitrogens with one attached hydrogen (secondary N) is 1. The van der Waals surface area contributed by atoms with Crippen LogP contribution in [0.4, 0.5) is 4.39 Å². The van der Waals surface area contributed by atoms with Crippen LogP contribution < -0.4 is 10.1 Å². The zero-order chi connectivity index (χ0) is 19.1. The van der Waals surface area contributed by atoms with Crippen LogP contribution in [0.3, 0.4) is 0 Å². The number of carbonyl (C=O) groups excluding carboxylic acids is 1. The van der Waals surface area contributed by atoms with Gasteiger partial charge in [0, 0.05) is 24.4 Å². The second kappa shape index (κ2) is 14.2. The van der Waals surface area contributed by atoms with Gasteiger partial charge < -0.3 is 14.8 Å². The van der Waals surface area contributed by atoms with Gasteiger partial charge in [0.2, 0.25) is 5.88 Å². The van der Waals surface area contributed by atoms with Gasteiger partial charge in [-0.2, -0.15) is 0 Å². The fourth-order valence-corrected chi connectivity index (χ4v) is 1.39. The van der Waals surface area contributed by atoms with E-state index in [1.54, 1.807) is 7.05 Å². The molecule has 0 aliphatic heterocycles. The van der Waals surface area contributed by atoms with Gasteiger partial charge in [-0.05, 0) is 6.08 Å². The molecule has 0 radical (unpaired) electrons. The van der Waals surface area contributed by atoms with Crippen LogP contribution in [-0.4, -0.2) is 32.2 Å². The second-order valence-electron chi connectivity index (χ2n) is 4.24. The predicted molar refractivity (Wildman–Crippen MR) is 96.3 cm³/mol. The van der Waals surface area contributed by atoms with E-state index in [2.05, 4.69) is 35.5 Å². The minimum absolute atomic E-state index is 0.0991. The highest BCUT2D eigenvalue weighted by molar-refractivity contribution is 5.93. The molecular weight excluding hydrogens is 311 g/mol. The third-order valence-electron chi connectivity index (χ3n) is 2.37. The van der Waals surface area contributed by atoms with Gasteiger partial charge in [-0.1, -0.05) is 40.7 Å². The number of hydrogen-bond donors (Lipinski definition) is 1. The van der Waals surface area contributed by atoms with Crippen LogP contribution in [0.5, 0.6) is 5.88 Å². The molecule has 1 aromatic heterocycles. The molecule has 0 fully saturated rings. The number of ether oxygens (including phenoxy) is 2. The highest BCUT2D eigenvalue weighted by Crippen LogP contribution is 2.20. The Morgan fingerprint density at radius 1 is 1.38 bits per heavy atom. The van der Waals surface area contributed by atoms with Crippen molar-refractivity contribution in [2.75, 3.05) is 21.3 Å². The van der Waals surface area contributed by atoms with Crippen molar-refractivity contribution in [2.45, 2.75) is 34.1 Å². The average molecular weight is 340 g/mol. The average Bonchev–Trinajstić information content (AvgIpc) is 2.61. The van der Waals surface area contributed by atoms with Crippen molar-refractivity contribution in [3.05, 3.63) is 41.9 Å². The fraction of sp³-hybridized carbons (Fsp3) is 0.444. The fourth-order valence-electron chi connectivity index (χ4n) is 1.39.